The van der Waals surface area contributed by atoms with Crippen LogP contribution in [0, 0.1) is 5.41 Å². The summed E-state index contributed by atoms with van der Waals surface area (Å²) in [6.45, 7) is 3.08. The Morgan fingerprint density at radius 1 is 1.62 bits per heavy atom. The highest BCUT2D eigenvalue weighted by molar-refractivity contribution is 5.94. The molecule has 4 heteroatoms. The van der Waals surface area contributed by atoms with E-state index in [1.165, 1.54) is 20.0 Å². The van der Waals surface area contributed by atoms with Gasteiger partial charge >= 0.3 is 5.97 Å². The maximum Gasteiger partial charge on any atom is 0.341 e. The molecule has 0 radical (unpaired) electrons. The number of hydrogen-bond donors (Lipinski definition) is 1. The van der Waals surface area contributed by atoms with Crippen molar-refractivity contribution in [2.75, 3.05) is 19.0 Å². The summed E-state index contributed by atoms with van der Waals surface area (Å²) in [4.78, 5) is 15.6. The molecule has 1 aliphatic rings. The molecule has 16 heavy (non-hydrogen) atoms. The molecule has 86 valence electrons. The number of aromatic nitrogens is 1. The lowest BCUT2D eigenvalue weighted by atomic mass is 10.1. The third-order valence-electron chi connectivity index (χ3n) is 3.00. The van der Waals surface area contributed by atoms with E-state index in [-0.39, 0.29) is 5.97 Å². The Morgan fingerprint density at radius 2 is 2.38 bits per heavy atom. The van der Waals surface area contributed by atoms with Crippen molar-refractivity contribution >= 4 is 11.8 Å². The van der Waals surface area contributed by atoms with E-state index in [2.05, 4.69) is 17.2 Å². The van der Waals surface area contributed by atoms with Gasteiger partial charge in [-0.2, -0.15) is 0 Å². The Balaban J connectivity index is 2.09. The number of carbonyl (C=O) groups excluding carboxylic acids is 1. The van der Waals surface area contributed by atoms with Crippen LogP contribution in [-0.4, -0.2) is 24.6 Å². The van der Waals surface area contributed by atoms with Crippen LogP contribution in [0.5, 0.6) is 0 Å². The van der Waals surface area contributed by atoms with E-state index >= 15 is 0 Å². The number of anilines is 1. The van der Waals surface area contributed by atoms with Gasteiger partial charge in [-0.3, -0.25) is 0 Å². The highest BCUT2D eigenvalue weighted by Crippen LogP contribution is 2.44. The summed E-state index contributed by atoms with van der Waals surface area (Å²) in [5.74, 6) is 0.263. The van der Waals surface area contributed by atoms with Crippen molar-refractivity contribution < 1.29 is 9.53 Å². The first kappa shape index (κ1) is 10.9. The van der Waals surface area contributed by atoms with E-state index in [4.69, 9.17) is 4.74 Å². The van der Waals surface area contributed by atoms with Gasteiger partial charge in [-0.15, -0.1) is 0 Å². The van der Waals surface area contributed by atoms with E-state index in [1.807, 2.05) is 0 Å². The van der Waals surface area contributed by atoms with Crippen LogP contribution in [0.1, 0.15) is 30.1 Å². The number of ether oxygens (including phenoxy) is 1. The first-order valence-corrected chi connectivity index (χ1v) is 5.42. The van der Waals surface area contributed by atoms with Crippen LogP contribution in [0.3, 0.4) is 0 Å². The van der Waals surface area contributed by atoms with Crippen LogP contribution in [-0.2, 0) is 4.74 Å². The Labute approximate surface area is 95.0 Å². The van der Waals surface area contributed by atoms with Gasteiger partial charge in [-0.25, -0.2) is 9.78 Å². The van der Waals surface area contributed by atoms with Gasteiger partial charge in [0.2, 0.25) is 0 Å². The minimum absolute atomic E-state index is 0.350. The Bertz CT molecular complexity index is 400. The maximum atomic E-state index is 11.5. The van der Waals surface area contributed by atoms with Crippen LogP contribution in [0.2, 0.25) is 0 Å². The van der Waals surface area contributed by atoms with Gasteiger partial charge in [-0.1, -0.05) is 6.92 Å². The molecule has 0 aromatic carbocycles. The SMILES string of the molecule is COC(=O)c1cccnc1NCC1(C)CC1. The largest absolute Gasteiger partial charge is 0.465 e. The molecule has 1 heterocycles. The fourth-order valence-electron chi connectivity index (χ4n) is 1.51. The molecule has 0 unspecified atom stereocenters. The number of pyridine rings is 1. The van der Waals surface area contributed by atoms with Gasteiger partial charge in [0.15, 0.2) is 0 Å². The molecule has 0 amide bonds. The average molecular weight is 220 g/mol. The minimum Gasteiger partial charge on any atom is -0.465 e. The quantitative estimate of drug-likeness (QED) is 0.789. The van der Waals surface area contributed by atoms with Crippen LogP contribution >= 0.6 is 0 Å². The summed E-state index contributed by atoms with van der Waals surface area (Å²) in [6.07, 6.45) is 4.14. The molecule has 2 rings (SSSR count). The standard InChI is InChI=1S/C12H16N2O2/c1-12(5-6-12)8-14-10-9(11(15)16-2)4-3-7-13-10/h3-4,7H,5-6,8H2,1-2H3,(H,13,14). The zero-order chi connectivity index (χ0) is 11.6. The lowest BCUT2D eigenvalue weighted by Crippen LogP contribution is -2.16. The van der Waals surface area contributed by atoms with Crippen molar-refractivity contribution in [3.63, 3.8) is 0 Å². The minimum atomic E-state index is -0.350. The summed E-state index contributed by atoms with van der Waals surface area (Å²) < 4.78 is 4.71. The van der Waals surface area contributed by atoms with Gasteiger partial charge < -0.3 is 10.1 Å². The van der Waals surface area contributed by atoms with Gasteiger partial charge in [0, 0.05) is 12.7 Å². The zero-order valence-electron chi connectivity index (χ0n) is 9.62. The van der Waals surface area contributed by atoms with E-state index < -0.39 is 0 Å². The molecule has 0 bridgehead atoms. The summed E-state index contributed by atoms with van der Waals surface area (Å²) >= 11 is 0. The van der Waals surface area contributed by atoms with Gasteiger partial charge in [0.05, 0.1) is 7.11 Å². The summed E-state index contributed by atoms with van der Waals surface area (Å²) in [7, 11) is 1.38. The third kappa shape index (κ3) is 2.32. The van der Waals surface area contributed by atoms with Crippen molar-refractivity contribution in [3.05, 3.63) is 23.9 Å². The number of hydrogen-bond acceptors (Lipinski definition) is 4. The van der Waals surface area contributed by atoms with Crippen molar-refractivity contribution in [3.8, 4) is 0 Å². The number of nitrogens with one attached hydrogen (secondary N) is 1. The molecule has 1 saturated carbocycles. The van der Waals surface area contributed by atoms with E-state index in [0.717, 1.165) is 6.54 Å². The first-order valence-electron chi connectivity index (χ1n) is 5.42. The number of nitrogens with zero attached hydrogens (tertiary/aromatic N) is 1. The van der Waals surface area contributed by atoms with Crippen molar-refractivity contribution in [2.24, 2.45) is 5.41 Å². The molecule has 1 aliphatic carbocycles. The highest BCUT2D eigenvalue weighted by Gasteiger charge is 2.37. The highest BCUT2D eigenvalue weighted by atomic mass is 16.5. The predicted octanol–water partition coefficient (Wildman–Crippen LogP) is 2.08. The monoisotopic (exact) mass is 220 g/mol. The topological polar surface area (TPSA) is 51.2 Å². The number of carbonyl (C=O) groups is 1. The second kappa shape index (κ2) is 4.12. The van der Waals surface area contributed by atoms with Crippen LogP contribution in [0.4, 0.5) is 5.82 Å². The molecule has 1 aromatic heterocycles. The molecule has 1 N–H and O–H groups in total. The molecule has 4 nitrogen and oxygen atoms in total. The van der Waals surface area contributed by atoms with Crippen LogP contribution in [0.25, 0.3) is 0 Å². The Kier molecular flexibility index (Phi) is 2.81. The predicted molar refractivity (Wildman–Crippen MR) is 61.4 cm³/mol. The van der Waals surface area contributed by atoms with Crippen molar-refractivity contribution in [2.45, 2.75) is 19.8 Å². The first-order chi connectivity index (χ1) is 7.64. The number of methoxy groups -OCH3 is 1. The summed E-state index contributed by atoms with van der Waals surface area (Å²) in [6, 6.07) is 3.45. The van der Waals surface area contributed by atoms with Gasteiger partial charge in [0.25, 0.3) is 0 Å². The molecule has 1 aromatic rings. The van der Waals surface area contributed by atoms with Crippen LogP contribution in [0.15, 0.2) is 18.3 Å². The van der Waals surface area contributed by atoms with E-state index in [9.17, 15) is 4.79 Å². The summed E-state index contributed by atoms with van der Waals surface area (Å²) in [5.41, 5.74) is 0.875. The van der Waals surface area contributed by atoms with Gasteiger partial charge in [0.1, 0.15) is 11.4 Å². The van der Waals surface area contributed by atoms with E-state index in [1.54, 1.807) is 18.3 Å². The Morgan fingerprint density at radius 3 is 3.00 bits per heavy atom. The molecular formula is C12H16N2O2. The fraction of sp³-hybridized carbons (Fsp3) is 0.500. The second-order valence-corrected chi connectivity index (χ2v) is 4.56. The summed E-state index contributed by atoms with van der Waals surface area (Å²) in [5, 5.41) is 3.22. The normalized spacial score (nSPS) is 16.6. The smallest absolute Gasteiger partial charge is 0.341 e. The van der Waals surface area contributed by atoms with E-state index in [0.29, 0.717) is 16.8 Å². The van der Waals surface area contributed by atoms with Gasteiger partial charge in [-0.05, 0) is 30.4 Å². The lowest BCUT2D eigenvalue weighted by molar-refractivity contribution is 0.0601. The number of esters is 1. The molecule has 0 saturated heterocycles. The zero-order valence-corrected chi connectivity index (χ0v) is 9.62. The molecule has 1 fully saturated rings. The molecule has 0 aliphatic heterocycles. The fourth-order valence-corrected chi connectivity index (χ4v) is 1.51. The maximum absolute atomic E-state index is 11.5. The van der Waals surface area contributed by atoms with Crippen molar-refractivity contribution in [1.29, 1.82) is 0 Å². The molecule has 0 spiro atoms. The molecule has 0 atom stereocenters. The lowest BCUT2D eigenvalue weighted by Gasteiger charge is -2.12. The average Bonchev–Trinajstić information content (AvgIpc) is 3.05. The second-order valence-electron chi connectivity index (χ2n) is 4.56. The third-order valence-corrected chi connectivity index (χ3v) is 3.00. The van der Waals surface area contributed by atoms with Crippen LogP contribution < -0.4 is 5.32 Å². The Hall–Kier alpha value is -1.58. The number of rotatable bonds is 4. The van der Waals surface area contributed by atoms with Crippen molar-refractivity contribution in [1.82, 2.24) is 4.98 Å². The molecular weight excluding hydrogens is 204 g/mol.